The standard InChI is InChI=1S/C16H22N4/c1-3-9-20(12-14-7-5-4-6-8-14)16-18-13(2)10-15(11-17)19-16/h4-8,10H,3,9,11-12,17H2,1-2H3. The van der Waals surface area contributed by atoms with Crippen molar-refractivity contribution in [2.45, 2.75) is 33.4 Å². The molecule has 0 spiro atoms. The van der Waals surface area contributed by atoms with E-state index in [4.69, 9.17) is 5.73 Å². The molecule has 4 heteroatoms. The maximum Gasteiger partial charge on any atom is 0.226 e. The largest absolute Gasteiger partial charge is 0.336 e. The molecule has 1 aromatic heterocycles. The van der Waals surface area contributed by atoms with E-state index in [9.17, 15) is 0 Å². The highest BCUT2D eigenvalue weighted by Crippen LogP contribution is 2.14. The normalized spacial score (nSPS) is 10.6. The van der Waals surface area contributed by atoms with Crippen molar-refractivity contribution in [3.63, 3.8) is 0 Å². The van der Waals surface area contributed by atoms with Crippen LogP contribution < -0.4 is 10.6 Å². The van der Waals surface area contributed by atoms with Crippen LogP contribution in [0.15, 0.2) is 36.4 Å². The number of aromatic nitrogens is 2. The summed E-state index contributed by atoms with van der Waals surface area (Å²) in [4.78, 5) is 11.3. The highest BCUT2D eigenvalue weighted by molar-refractivity contribution is 5.34. The van der Waals surface area contributed by atoms with E-state index < -0.39 is 0 Å². The van der Waals surface area contributed by atoms with E-state index >= 15 is 0 Å². The van der Waals surface area contributed by atoms with Gasteiger partial charge in [-0.05, 0) is 25.0 Å². The lowest BCUT2D eigenvalue weighted by Crippen LogP contribution is -2.26. The van der Waals surface area contributed by atoms with Gasteiger partial charge < -0.3 is 10.6 Å². The molecular formula is C16H22N4. The quantitative estimate of drug-likeness (QED) is 0.876. The minimum atomic E-state index is 0.446. The van der Waals surface area contributed by atoms with Gasteiger partial charge in [0.1, 0.15) is 0 Å². The molecule has 1 heterocycles. The molecule has 0 saturated carbocycles. The Balaban J connectivity index is 2.26. The van der Waals surface area contributed by atoms with Crippen LogP contribution in [0.2, 0.25) is 0 Å². The highest BCUT2D eigenvalue weighted by atomic mass is 15.2. The van der Waals surface area contributed by atoms with Gasteiger partial charge in [-0.1, -0.05) is 37.3 Å². The maximum atomic E-state index is 5.71. The number of aryl methyl sites for hydroxylation is 1. The van der Waals surface area contributed by atoms with Crippen LogP contribution in [0.3, 0.4) is 0 Å². The van der Waals surface area contributed by atoms with Crippen LogP contribution in [-0.4, -0.2) is 16.5 Å². The first-order chi connectivity index (χ1) is 9.72. The van der Waals surface area contributed by atoms with Gasteiger partial charge in [0.15, 0.2) is 0 Å². The summed E-state index contributed by atoms with van der Waals surface area (Å²) in [7, 11) is 0. The zero-order valence-electron chi connectivity index (χ0n) is 12.2. The molecule has 0 unspecified atom stereocenters. The van der Waals surface area contributed by atoms with Gasteiger partial charge in [-0.2, -0.15) is 0 Å². The molecular weight excluding hydrogens is 248 g/mol. The molecule has 2 N–H and O–H groups in total. The molecule has 0 radical (unpaired) electrons. The number of nitrogens with two attached hydrogens (primary N) is 1. The van der Waals surface area contributed by atoms with Gasteiger partial charge in [0.2, 0.25) is 5.95 Å². The van der Waals surface area contributed by atoms with Gasteiger partial charge in [0, 0.05) is 25.3 Å². The Morgan fingerprint density at radius 2 is 1.90 bits per heavy atom. The van der Waals surface area contributed by atoms with E-state index in [1.54, 1.807) is 0 Å². The minimum absolute atomic E-state index is 0.446. The summed E-state index contributed by atoms with van der Waals surface area (Å²) >= 11 is 0. The Kier molecular flexibility index (Phi) is 5.07. The van der Waals surface area contributed by atoms with E-state index in [0.29, 0.717) is 6.54 Å². The number of rotatable bonds is 6. The summed E-state index contributed by atoms with van der Waals surface area (Å²) < 4.78 is 0. The number of benzene rings is 1. The zero-order valence-corrected chi connectivity index (χ0v) is 12.2. The summed E-state index contributed by atoms with van der Waals surface area (Å²) in [5.41, 5.74) is 8.82. The lowest BCUT2D eigenvalue weighted by molar-refractivity contribution is 0.730. The maximum absolute atomic E-state index is 5.71. The number of nitrogens with zero attached hydrogens (tertiary/aromatic N) is 3. The van der Waals surface area contributed by atoms with Crippen LogP contribution in [0.5, 0.6) is 0 Å². The first-order valence-corrected chi connectivity index (χ1v) is 7.06. The van der Waals surface area contributed by atoms with Crippen LogP contribution in [0.1, 0.15) is 30.3 Å². The number of anilines is 1. The Morgan fingerprint density at radius 3 is 2.55 bits per heavy atom. The Hall–Kier alpha value is -1.94. The summed E-state index contributed by atoms with van der Waals surface area (Å²) in [5.74, 6) is 0.774. The third-order valence-corrected chi connectivity index (χ3v) is 3.10. The Morgan fingerprint density at radius 1 is 1.15 bits per heavy atom. The van der Waals surface area contributed by atoms with E-state index in [0.717, 1.165) is 36.8 Å². The number of hydrogen-bond acceptors (Lipinski definition) is 4. The molecule has 2 aromatic rings. The monoisotopic (exact) mass is 270 g/mol. The van der Waals surface area contributed by atoms with Crippen molar-refractivity contribution in [2.75, 3.05) is 11.4 Å². The van der Waals surface area contributed by atoms with Gasteiger partial charge >= 0.3 is 0 Å². The van der Waals surface area contributed by atoms with Crippen molar-refractivity contribution >= 4 is 5.95 Å². The molecule has 4 nitrogen and oxygen atoms in total. The molecule has 0 amide bonds. The van der Waals surface area contributed by atoms with Gasteiger partial charge in [-0.25, -0.2) is 9.97 Å². The van der Waals surface area contributed by atoms with Crippen molar-refractivity contribution in [1.29, 1.82) is 0 Å². The summed E-state index contributed by atoms with van der Waals surface area (Å²) in [6, 6.07) is 12.3. The fourth-order valence-electron chi connectivity index (χ4n) is 2.19. The lowest BCUT2D eigenvalue weighted by atomic mass is 10.2. The smallest absolute Gasteiger partial charge is 0.226 e. The second-order valence-corrected chi connectivity index (χ2v) is 4.91. The molecule has 0 atom stereocenters. The fraction of sp³-hybridized carbons (Fsp3) is 0.375. The topological polar surface area (TPSA) is 55.0 Å². The van der Waals surface area contributed by atoms with Gasteiger partial charge in [-0.3, -0.25) is 0 Å². The highest BCUT2D eigenvalue weighted by Gasteiger charge is 2.11. The van der Waals surface area contributed by atoms with E-state index in [2.05, 4.69) is 46.1 Å². The van der Waals surface area contributed by atoms with Crippen LogP contribution in [0.25, 0.3) is 0 Å². The molecule has 0 fully saturated rings. The van der Waals surface area contributed by atoms with E-state index in [1.807, 2.05) is 19.1 Å². The minimum Gasteiger partial charge on any atom is -0.336 e. The van der Waals surface area contributed by atoms with Crippen molar-refractivity contribution in [1.82, 2.24) is 9.97 Å². The first-order valence-electron chi connectivity index (χ1n) is 7.06. The summed E-state index contributed by atoms with van der Waals surface area (Å²) in [6.07, 6.45) is 1.06. The molecule has 0 aliphatic carbocycles. The van der Waals surface area contributed by atoms with Crippen molar-refractivity contribution in [3.8, 4) is 0 Å². The van der Waals surface area contributed by atoms with Gasteiger partial charge in [0.05, 0.1) is 5.69 Å². The molecule has 1 aromatic carbocycles. The van der Waals surface area contributed by atoms with Crippen molar-refractivity contribution in [3.05, 3.63) is 53.3 Å². The average Bonchev–Trinajstić information content (AvgIpc) is 2.47. The third-order valence-electron chi connectivity index (χ3n) is 3.10. The molecule has 0 aliphatic rings. The number of hydrogen-bond donors (Lipinski definition) is 1. The second kappa shape index (κ2) is 7.01. The van der Waals surface area contributed by atoms with Crippen LogP contribution in [0, 0.1) is 6.92 Å². The molecule has 0 saturated heterocycles. The van der Waals surface area contributed by atoms with Crippen LogP contribution in [-0.2, 0) is 13.1 Å². The zero-order chi connectivity index (χ0) is 14.4. The first kappa shape index (κ1) is 14.5. The molecule has 0 aliphatic heterocycles. The predicted octanol–water partition coefficient (Wildman–Crippen LogP) is 2.66. The summed E-state index contributed by atoms with van der Waals surface area (Å²) in [6.45, 7) is 6.35. The lowest BCUT2D eigenvalue weighted by Gasteiger charge is -2.23. The SMILES string of the molecule is CCCN(Cc1ccccc1)c1nc(C)cc(CN)n1. The Labute approximate surface area is 120 Å². The van der Waals surface area contributed by atoms with E-state index in [1.165, 1.54) is 5.56 Å². The van der Waals surface area contributed by atoms with E-state index in [-0.39, 0.29) is 0 Å². The second-order valence-electron chi connectivity index (χ2n) is 4.91. The van der Waals surface area contributed by atoms with Gasteiger partial charge in [0.25, 0.3) is 0 Å². The van der Waals surface area contributed by atoms with Gasteiger partial charge in [-0.15, -0.1) is 0 Å². The van der Waals surface area contributed by atoms with Crippen LogP contribution in [0.4, 0.5) is 5.95 Å². The molecule has 2 rings (SSSR count). The molecule has 20 heavy (non-hydrogen) atoms. The summed E-state index contributed by atoms with van der Waals surface area (Å²) in [5, 5.41) is 0. The molecule has 106 valence electrons. The van der Waals surface area contributed by atoms with Crippen LogP contribution >= 0.6 is 0 Å². The predicted molar refractivity (Wildman–Crippen MR) is 82.4 cm³/mol. The molecule has 0 bridgehead atoms. The average molecular weight is 270 g/mol. The fourth-order valence-corrected chi connectivity index (χ4v) is 2.19. The van der Waals surface area contributed by atoms with Crippen molar-refractivity contribution in [2.24, 2.45) is 5.73 Å². The third kappa shape index (κ3) is 3.78. The van der Waals surface area contributed by atoms with Crippen molar-refractivity contribution < 1.29 is 0 Å². The Bertz CT molecular complexity index is 539.